The lowest BCUT2D eigenvalue weighted by molar-refractivity contribution is 0.568. The largest absolute Gasteiger partial charge is 0.310 e. The molecule has 0 N–H and O–H groups in total. The van der Waals surface area contributed by atoms with E-state index >= 15 is 0 Å². The molecule has 14 aromatic rings. The van der Waals surface area contributed by atoms with Crippen LogP contribution in [0.5, 0.6) is 0 Å². The number of anilines is 6. The first-order valence-electron chi connectivity index (χ1n) is 58.8. The second-order valence-corrected chi connectivity index (χ2v) is 54.4. The molecule has 3 nitrogen and oxygen atoms in total. The van der Waals surface area contributed by atoms with E-state index < -0.39 is 83.8 Å². The van der Waals surface area contributed by atoms with E-state index in [0.29, 0.717) is 78.2 Å². The van der Waals surface area contributed by atoms with E-state index in [4.69, 9.17) is 0 Å². The minimum absolute atomic E-state index is 0.0198. The zero-order chi connectivity index (χ0) is 116. The predicted octanol–water partition coefficient (Wildman–Crippen LogP) is 37.0. The Hall–Kier alpha value is -10.7. The quantitative estimate of drug-likeness (QED) is 0.133. The first-order valence-corrected chi connectivity index (χ1v) is 50.3. The van der Waals surface area contributed by atoms with Gasteiger partial charge in [0.1, 0.15) is 0 Å². The van der Waals surface area contributed by atoms with Gasteiger partial charge < -0.3 is 14.4 Å². The van der Waals surface area contributed by atoms with Gasteiger partial charge in [-0.2, -0.15) is 0 Å². The lowest BCUT2D eigenvalue weighted by Crippen LogP contribution is -2.61. The van der Waals surface area contributed by atoms with Crippen LogP contribution in [0.1, 0.15) is 392 Å². The molecule has 0 amide bonds. The molecule has 0 saturated carbocycles. The molecule has 0 bridgehead atoms. The molecule has 13 aromatic carbocycles. The summed E-state index contributed by atoms with van der Waals surface area (Å²) in [6, 6.07) is 41.4. The number of hydrogen-bond acceptors (Lipinski definition) is 2. The van der Waals surface area contributed by atoms with Gasteiger partial charge in [0.05, 0.1) is 45.7 Å². The molecule has 0 aliphatic carbocycles. The second-order valence-electron chi connectivity index (χ2n) is 54.4. The van der Waals surface area contributed by atoms with Crippen LogP contribution in [0.4, 0.5) is 34.1 Å². The third-order valence-electron chi connectivity index (χ3n) is 28.0. The normalized spacial score (nSPS) is 15.8. The molecule has 2 aliphatic rings. The first kappa shape index (κ1) is 80.0. The maximum absolute atomic E-state index is 12.0. The summed E-state index contributed by atoms with van der Waals surface area (Å²) in [5.74, 6) is 0. The molecular formula is C134H164BN3. The van der Waals surface area contributed by atoms with Gasteiger partial charge in [0.15, 0.2) is 0 Å². The Bertz CT molecular complexity index is 7970. The third kappa shape index (κ3) is 19.0. The van der Waals surface area contributed by atoms with Crippen LogP contribution < -0.4 is 26.2 Å². The number of hydrogen-bond donors (Lipinski definition) is 0. The molecule has 718 valence electrons. The average Bonchev–Trinajstić information content (AvgIpc) is 0.943. The summed E-state index contributed by atoms with van der Waals surface area (Å²) >= 11 is 0. The predicted molar refractivity (Wildman–Crippen MR) is 609 cm³/mol. The Kier molecular flexibility index (Phi) is 19.4. The molecule has 0 saturated heterocycles. The highest BCUT2D eigenvalue weighted by molar-refractivity contribution is 7.00. The van der Waals surface area contributed by atoms with Gasteiger partial charge in [0, 0.05) is 61.5 Å². The SMILES string of the molecule is [2H]c1c([2H])c(C(C)(C)C)c([2H])c([2H])c1-c1c([2H])c(C(C)(C)C)c([2H])c(-c2c([2H])c(C(C)(C)C)c([2H])c(C(C)(C)C)c2[2H])c1N1c2cc(-n3c4ccc(C(C)(C)C)cc4c4cc(C(C)(C)C)ccc43)ccc2B2c3cc(-c4cc(C(C)(C)C)cc(C(C)(C)C)c4)ccc3N(c3c(-c4c([2H])c([2H])c(C(C)(C)C)c([2H])c4C(C)(C)C)c([2H])c(C(C)(C)C)c([2H])c3-c3c([2H])c([2H])c(C(C)(C)C)c([2H])c3C(C)(C)C)c3cc(-c4cccc(C(C)(C)C)c4)cc1c32. The van der Waals surface area contributed by atoms with Crippen molar-refractivity contribution in [3.05, 3.63) is 308 Å². The summed E-state index contributed by atoms with van der Waals surface area (Å²) in [6.07, 6.45) is 0. The molecule has 16 rings (SSSR count). The molecule has 2 aliphatic heterocycles. The highest BCUT2D eigenvalue weighted by Gasteiger charge is 2.48. The van der Waals surface area contributed by atoms with Crippen molar-refractivity contribution >= 4 is 79.0 Å². The number of fused-ring (bicyclic) bond motifs is 7. The fourth-order valence-corrected chi connectivity index (χ4v) is 19.2. The van der Waals surface area contributed by atoms with Gasteiger partial charge >= 0.3 is 0 Å². The molecule has 0 radical (unpaired) electrons. The molecule has 1 aromatic heterocycles. The summed E-state index contributed by atoms with van der Waals surface area (Å²) in [4.78, 5) is 4.14. The van der Waals surface area contributed by atoms with Crippen molar-refractivity contribution in [1.29, 1.82) is 0 Å². The van der Waals surface area contributed by atoms with Crippen LogP contribution in [0.3, 0.4) is 0 Å². The summed E-state index contributed by atoms with van der Waals surface area (Å²) in [6.45, 7) is 84.4. The van der Waals surface area contributed by atoms with Crippen molar-refractivity contribution in [1.82, 2.24) is 4.57 Å². The van der Waals surface area contributed by atoms with Gasteiger partial charge in [-0.1, -0.05) is 442 Å². The monoisotopic (exact) mass is 1840 g/mol. The zero-order valence-corrected chi connectivity index (χ0v) is 91.5. The van der Waals surface area contributed by atoms with Crippen LogP contribution in [0.2, 0.25) is 0 Å². The van der Waals surface area contributed by atoms with Gasteiger partial charge in [-0.25, -0.2) is 0 Å². The molecule has 138 heavy (non-hydrogen) atoms. The van der Waals surface area contributed by atoms with Gasteiger partial charge in [-0.3, -0.25) is 0 Å². The van der Waals surface area contributed by atoms with Crippen molar-refractivity contribution in [2.45, 2.75) is 367 Å². The summed E-state index contributed by atoms with van der Waals surface area (Å²) in [5, 5.41) is 1.98. The summed E-state index contributed by atoms with van der Waals surface area (Å²) in [7, 11) is 0. The molecule has 4 heteroatoms. The highest BCUT2D eigenvalue weighted by Crippen LogP contribution is 2.59. The van der Waals surface area contributed by atoms with Crippen LogP contribution in [-0.4, -0.2) is 11.3 Å². The van der Waals surface area contributed by atoms with E-state index in [1.165, 1.54) is 0 Å². The van der Waals surface area contributed by atoms with Crippen LogP contribution in [0, 0.1) is 0 Å². The topological polar surface area (TPSA) is 11.4 Å². The maximum atomic E-state index is 12.0. The lowest BCUT2D eigenvalue weighted by Gasteiger charge is -2.46. The minimum atomic E-state index is -1.22. The van der Waals surface area contributed by atoms with Gasteiger partial charge in [-0.15, -0.1) is 0 Å². The molecule has 3 heterocycles. The van der Waals surface area contributed by atoms with Crippen molar-refractivity contribution in [2.24, 2.45) is 0 Å². The number of aromatic nitrogens is 1. The van der Waals surface area contributed by atoms with Gasteiger partial charge in [0.2, 0.25) is 0 Å². The average molecular weight is 1840 g/mol. The minimum Gasteiger partial charge on any atom is -0.310 e. The smallest absolute Gasteiger partial charge is 0.252 e. The van der Waals surface area contributed by atoms with E-state index in [-0.39, 0.29) is 185 Å². The fraction of sp³-hybridized carbons (Fsp3) is 0.418. The fourth-order valence-electron chi connectivity index (χ4n) is 19.2. The first-order chi connectivity index (χ1) is 70.4. The Balaban J connectivity index is 1.32. The van der Waals surface area contributed by atoms with Crippen LogP contribution >= 0.6 is 0 Å². The Morgan fingerprint density at radius 3 is 0.993 bits per heavy atom. The van der Waals surface area contributed by atoms with Crippen LogP contribution in [-0.2, 0) is 75.8 Å². The summed E-state index contributed by atoms with van der Waals surface area (Å²) in [5.41, 5.74) is 4.32. The third-order valence-corrected chi connectivity index (χ3v) is 28.0. The number of nitrogens with zero attached hydrogens (tertiary/aromatic N) is 3. The Morgan fingerprint density at radius 2 is 0.572 bits per heavy atom. The van der Waals surface area contributed by atoms with E-state index in [2.05, 4.69) is 235 Å². The number of rotatable bonds is 9. The van der Waals surface area contributed by atoms with E-state index in [9.17, 15) is 23.3 Å². The standard InChI is InChI=1S/C134H164BN3/c1-121(2,3)87-49-46-81(47-50-87)102-74-97(131(31,32)33)75-103(86-65-95(129(25,26)27)71-96(66-86)130(28,29)30)119(102)138-115-80-99(136-112-60-53-89(123(7,8)9)72-104(112)105-73-90(124(10,11)12)54-61-113(105)136)55-58-110(115)135-111-67-83(84-63-93(127(19,20)21)70-94(64-84)128(22,23)24)48-59-114(111)137(116-68-85(69-117(138)118(116)135)82-44-43-45-88(62-82)122(4,5)6)120-106(100-56-51-91(125(13,14)15)78-108(100)133(37,38)39)76-98(132(34,35)36)77-107(120)101-57-52-92(126(16,17)18)79-109(101)134(40,41)42/h43-80H,1-42H3/i46D,47D,49D,50D,51D,52D,56D,57D,65D,66D,71D,74D,75D,76D,77D,78D,79D. The van der Waals surface area contributed by atoms with Crippen LogP contribution in [0.15, 0.2) is 230 Å². The van der Waals surface area contributed by atoms with Crippen molar-refractivity contribution < 1.29 is 23.3 Å². The van der Waals surface area contributed by atoms with E-state index in [0.717, 1.165) is 60.8 Å². The lowest BCUT2D eigenvalue weighted by atomic mass is 9.33. The Labute approximate surface area is 858 Å². The molecule has 0 unspecified atom stereocenters. The molecule has 0 atom stereocenters. The molecule has 0 fully saturated rings. The Morgan fingerprint density at radius 1 is 0.210 bits per heavy atom. The van der Waals surface area contributed by atoms with Crippen molar-refractivity contribution in [3.63, 3.8) is 0 Å². The zero-order valence-electron chi connectivity index (χ0n) is 109. The number of benzene rings is 13. The highest BCUT2D eigenvalue weighted by atomic mass is 15.2. The van der Waals surface area contributed by atoms with Gasteiger partial charge in [-0.05, 0) is 293 Å². The van der Waals surface area contributed by atoms with Gasteiger partial charge in [0.25, 0.3) is 6.71 Å². The maximum Gasteiger partial charge on any atom is 0.252 e. The molecular weight excluding hydrogens is 1660 g/mol. The van der Waals surface area contributed by atoms with Crippen molar-refractivity contribution in [3.8, 4) is 72.4 Å². The van der Waals surface area contributed by atoms with E-state index in [1.807, 2.05) is 198 Å². The van der Waals surface area contributed by atoms with E-state index in [1.54, 1.807) is 0 Å². The summed E-state index contributed by atoms with van der Waals surface area (Å²) < 4.78 is 195. The second kappa shape index (κ2) is 33.5. The van der Waals surface area contributed by atoms with Crippen LogP contribution in [0.25, 0.3) is 94.3 Å². The van der Waals surface area contributed by atoms with Crippen molar-refractivity contribution in [2.75, 3.05) is 9.80 Å². The molecule has 0 spiro atoms.